The lowest BCUT2D eigenvalue weighted by atomic mass is 10.1. The van der Waals surface area contributed by atoms with Crippen LogP contribution in [-0.4, -0.2) is 46.2 Å². The van der Waals surface area contributed by atoms with E-state index in [0.717, 1.165) is 24.1 Å². The van der Waals surface area contributed by atoms with Gasteiger partial charge in [0.05, 0.1) is 24.9 Å². The lowest BCUT2D eigenvalue weighted by Gasteiger charge is -2.22. The highest BCUT2D eigenvalue weighted by molar-refractivity contribution is 7.91. The van der Waals surface area contributed by atoms with Gasteiger partial charge in [0.1, 0.15) is 11.5 Å². The quantitative estimate of drug-likeness (QED) is 0.633. The summed E-state index contributed by atoms with van der Waals surface area (Å²) in [6.07, 6.45) is 2.28. The Morgan fingerprint density at radius 3 is 2.33 bits per heavy atom. The summed E-state index contributed by atoms with van der Waals surface area (Å²) in [5.41, 5.74) is 2.11. The van der Waals surface area contributed by atoms with Gasteiger partial charge in [0.2, 0.25) is 11.8 Å². The molecule has 4 rings (SSSR count). The number of nitrogens with zero attached hydrogens (tertiary/aromatic N) is 1. The van der Waals surface area contributed by atoms with Crippen LogP contribution in [0.3, 0.4) is 0 Å². The largest absolute Gasteiger partial charge is 0.497 e. The average molecular weight is 473 g/mol. The zero-order valence-electron chi connectivity index (χ0n) is 19.0. The number of hydrogen-bond donors (Lipinski definition) is 1. The summed E-state index contributed by atoms with van der Waals surface area (Å²) in [5.74, 6) is 0.508. The highest BCUT2D eigenvalue weighted by atomic mass is 32.2. The number of methoxy groups -OCH3 is 2. The topological polar surface area (TPSA) is 102 Å². The number of fused-ring (bicyclic) bond motifs is 1. The third-order valence-corrected chi connectivity index (χ3v) is 7.74. The smallest absolute Gasteiger partial charge is 0.230 e. The van der Waals surface area contributed by atoms with Gasteiger partial charge in [0.15, 0.2) is 9.84 Å². The van der Waals surface area contributed by atoms with E-state index in [4.69, 9.17) is 9.47 Å². The fraction of sp³-hybridized carbons (Fsp3) is 0.417. The minimum absolute atomic E-state index is 0.0108. The first kappa shape index (κ1) is 23.1. The molecule has 0 saturated heterocycles. The number of benzene rings is 2. The Kier molecular flexibility index (Phi) is 6.34. The average Bonchev–Trinajstić information content (AvgIpc) is 3.59. The summed E-state index contributed by atoms with van der Waals surface area (Å²) in [5, 5.41) is 2.69. The third kappa shape index (κ3) is 4.98. The van der Waals surface area contributed by atoms with Crippen LogP contribution in [0.4, 0.5) is 11.4 Å². The number of carbonyl (C=O) groups is 2. The van der Waals surface area contributed by atoms with Gasteiger partial charge in [-0.2, -0.15) is 0 Å². The van der Waals surface area contributed by atoms with Crippen molar-refractivity contribution in [3.8, 4) is 11.5 Å². The molecular weight excluding hydrogens is 444 g/mol. The molecule has 1 unspecified atom stereocenters. The van der Waals surface area contributed by atoms with Gasteiger partial charge in [0.25, 0.3) is 0 Å². The normalized spacial score (nSPS) is 17.4. The van der Waals surface area contributed by atoms with E-state index in [1.165, 1.54) is 20.3 Å². The van der Waals surface area contributed by atoms with E-state index in [1.54, 1.807) is 35.2 Å². The van der Waals surface area contributed by atoms with Crippen molar-refractivity contribution in [3.63, 3.8) is 0 Å². The first-order valence-corrected chi connectivity index (χ1v) is 12.6. The van der Waals surface area contributed by atoms with Crippen LogP contribution in [0.15, 0.2) is 41.3 Å². The van der Waals surface area contributed by atoms with Crippen LogP contribution >= 0.6 is 0 Å². The van der Waals surface area contributed by atoms with E-state index < -0.39 is 15.7 Å². The van der Waals surface area contributed by atoms with Crippen molar-refractivity contribution in [3.05, 3.63) is 42.0 Å². The number of ether oxygens (including phenoxy) is 2. The molecule has 1 N–H and O–H groups in total. The molecule has 1 aliphatic carbocycles. The Bertz CT molecular complexity index is 1170. The van der Waals surface area contributed by atoms with Crippen LogP contribution in [0.2, 0.25) is 0 Å². The zero-order valence-corrected chi connectivity index (χ0v) is 19.8. The molecule has 1 aliphatic heterocycles. The fourth-order valence-electron chi connectivity index (χ4n) is 4.11. The first-order valence-electron chi connectivity index (χ1n) is 10.9. The van der Waals surface area contributed by atoms with Crippen LogP contribution < -0.4 is 19.7 Å². The fourth-order valence-corrected chi connectivity index (χ4v) is 5.40. The molecule has 2 aromatic carbocycles. The SMILES string of the molecule is COc1cc(NC(=O)CCS(=O)(=O)c2ccc3c(c2)CC(C)N3C(=O)C2CC2)cc(OC)c1. The highest BCUT2D eigenvalue weighted by Crippen LogP contribution is 2.39. The van der Waals surface area contributed by atoms with Crippen molar-refractivity contribution >= 4 is 33.0 Å². The van der Waals surface area contributed by atoms with Gasteiger partial charge in [-0.05, 0) is 49.9 Å². The number of hydrogen-bond acceptors (Lipinski definition) is 6. The second kappa shape index (κ2) is 9.05. The maximum Gasteiger partial charge on any atom is 0.230 e. The second-order valence-corrected chi connectivity index (χ2v) is 10.7. The van der Waals surface area contributed by atoms with Crippen molar-refractivity contribution in [2.45, 2.75) is 43.5 Å². The van der Waals surface area contributed by atoms with Gasteiger partial charge in [-0.1, -0.05) is 0 Å². The van der Waals surface area contributed by atoms with Crippen LogP contribution in [0, 0.1) is 5.92 Å². The standard InChI is InChI=1S/C24H28N2O6S/c1-15-10-17-11-21(6-7-22(17)26(15)24(28)16-4-5-16)33(29,30)9-8-23(27)25-18-12-19(31-2)14-20(13-18)32-3/h6-7,11-16H,4-5,8-10H2,1-3H3,(H,25,27). The zero-order chi connectivity index (χ0) is 23.8. The van der Waals surface area contributed by atoms with E-state index in [9.17, 15) is 18.0 Å². The van der Waals surface area contributed by atoms with E-state index in [1.807, 2.05) is 6.92 Å². The maximum atomic E-state index is 12.9. The maximum absolute atomic E-state index is 12.9. The second-order valence-electron chi connectivity index (χ2n) is 8.54. The lowest BCUT2D eigenvalue weighted by Crippen LogP contribution is -2.36. The van der Waals surface area contributed by atoms with E-state index in [2.05, 4.69) is 5.32 Å². The first-order chi connectivity index (χ1) is 15.7. The van der Waals surface area contributed by atoms with Crippen LogP contribution in [0.25, 0.3) is 0 Å². The summed E-state index contributed by atoms with van der Waals surface area (Å²) in [6.45, 7) is 1.98. The Labute approximate surface area is 193 Å². The van der Waals surface area contributed by atoms with E-state index in [0.29, 0.717) is 23.6 Å². The summed E-state index contributed by atoms with van der Waals surface area (Å²) in [4.78, 5) is 27.0. The van der Waals surface area contributed by atoms with Crippen molar-refractivity contribution in [2.24, 2.45) is 5.92 Å². The molecule has 2 amide bonds. The van der Waals surface area contributed by atoms with Gasteiger partial charge < -0.3 is 19.7 Å². The van der Waals surface area contributed by atoms with Gasteiger partial charge in [-0.25, -0.2) is 8.42 Å². The lowest BCUT2D eigenvalue weighted by molar-refractivity contribution is -0.120. The highest BCUT2D eigenvalue weighted by Gasteiger charge is 2.39. The molecule has 1 saturated carbocycles. The van der Waals surface area contributed by atoms with Crippen molar-refractivity contribution in [1.29, 1.82) is 0 Å². The number of sulfone groups is 1. The predicted octanol–water partition coefficient (Wildman–Crippen LogP) is 3.19. The molecule has 0 aromatic heterocycles. The number of anilines is 2. The molecule has 0 spiro atoms. The van der Waals surface area contributed by atoms with E-state index in [-0.39, 0.29) is 34.9 Å². The Morgan fingerprint density at radius 1 is 1.06 bits per heavy atom. The number of nitrogens with one attached hydrogen (secondary N) is 1. The molecule has 176 valence electrons. The number of rotatable bonds is 8. The van der Waals surface area contributed by atoms with Crippen molar-refractivity contribution in [2.75, 3.05) is 30.2 Å². The van der Waals surface area contributed by atoms with Crippen LogP contribution in [0.1, 0.15) is 31.7 Å². The van der Waals surface area contributed by atoms with Crippen LogP contribution in [0.5, 0.6) is 11.5 Å². The molecule has 0 radical (unpaired) electrons. The molecule has 9 heteroatoms. The molecule has 2 aromatic rings. The molecule has 0 bridgehead atoms. The number of carbonyl (C=O) groups excluding carboxylic acids is 2. The molecule has 8 nitrogen and oxygen atoms in total. The molecule has 1 heterocycles. The summed E-state index contributed by atoms with van der Waals surface area (Å²) < 4.78 is 36.2. The molecule has 1 fully saturated rings. The monoisotopic (exact) mass is 472 g/mol. The Morgan fingerprint density at radius 2 is 1.73 bits per heavy atom. The summed E-state index contributed by atoms with van der Waals surface area (Å²) in [7, 11) is -0.657. The minimum atomic E-state index is -3.67. The van der Waals surface area contributed by atoms with Crippen molar-refractivity contribution in [1.82, 2.24) is 0 Å². The van der Waals surface area contributed by atoms with Crippen LogP contribution in [-0.2, 0) is 25.8 Å². The van der Waals surface area contributed by atoms with Gasteiger partial charge in [0, 0.05) is 48.0 Å². The van der Waals surface area contributed by atoms with Gasteiger partial charge in [-0.15, -0.1) is 0 Å². The van der Waals surface area contributed by atoms with Gasteiger partial charge in [-0.3, -0.25) is 9.59 Å². The molecule has 1 atom stereocenters. The summed E-state index contributed by atoms with van der Waals surface area (Å²) >= 11 is 0. The molecule has 33 heavy (non-hydrogen) atoms. The third-order valence-electron chi connectivity index (χ3n) is 6.02. The Hall–Kier alpha value is -3.07. The van der Waals surface area contributed by atoms with E-state index >= 15 is 0 Å². The molecular formula is C24H28N2O6S. The summed E-state index contributed by atoms with van der Waals surface area (Å²) in [6, 6.07) is 9.84. The molecule has 2 aliphatic rings. The Balaban J connectivity index is 1.43. The number of amides is 2. The minimum Gasteiger partial charge on any atom is -0.497 e. The van der Waals surface area contributed by atoms with Crippen molar-refractivity contribution < 1.29 is 27.5 Å². The van der Waals surface area contributed by atoms with Gasteiger partial charge >= 0.3 is 0 Å². The predicted molar refractivity (Wildman–Crippen MR) is 125 cm³/mol.